The second-order valence-corrected chi connectivity index (χ2v) is 4.25. The predicted octanol–water partition coefficient (Wildman–Crippen LogP) is 2.36. The number of rotatable bonds is 3. The van der Waals surface area contributed by atoms with E-state index in [1.807, 2.05) is 0 Å². The van der Waals surface area contributed by atoms with Crippen molar-refractivity contribution in [1.29, 1.82) is 0 Å². The molecular formula is C12H8ClF2N3O3. The summed E-state index contributed by atoms with van der Waals surface area (Å²) in [7, 11) is 1.20. The van der Waals surface area contributed by atoms with E-state index in [1.54, 1.807) is 0 Å². The number of nitrogen functional groups attached to an aromatic ring is 1. The molecule has 0 unspecified atom stereocenters. The summed E-state index contributed by atoms with van der Waals surface area (Å²) in [4.78, 5) is 17.9. The monoisotopic (exact) mass is 315 g/mol. The lowest BCUT2D eigenvalue weighted by Crippen LogP contribution is -2.11. The molecule has 110 valence electrons. The minimum Gasteiger partial charge on any atom is -0.492 e. The molecule has 0 radical (unpaired) electrons. The van der Waals surface area contributed by atoms with Crippen LogP contribution in [0.15, 0.2) is 12.1 Å². The van der Waals surface area contributed by atoms with E-state index in [0.29, 0.717) is 0 Å². The number of carboxylic acid groups (broad SMARTS) is 1. The Labute approximate surface area is 122 Å². The van der Waals surface area contributed by atoms with Crippen molar-refractivity contribution >= 4 is 23.4 Å². The number of nitrogens with two attached hydrogens (primary N) is 1. The maximum absolute atomic E-state index is 14.2. The maximum Gasteiger partial charge on any atom is 0.357 e. The van der Waals surface area contributed by atoms with Crippen molar-refractivity contribution < 1.29 is 23.4 Å². The van der Waals surface area contributed by atoms with Crippen LogP contribution in [0, 0.1) is 11.6 Å². The molecule has 1 aromatic heterocycles. The van der Waals surface area contributed by atoms with Crippen LogP contribution in [0.2, 0.25) is 5.02 Å². The molecule has 0 aliphatic carbocycles. The number of methoxy groups -OCH3 is 1. The topological polar surface area (TPSA) is 98.3 Å². The van der Waals surface area contributed by atoms with Crippen molar-refractivity contribution in [1.82, 2.24) is 9.97 Å². The van der Waals surface area contributed by atoms with E-state index in [2.05, 4.69) is 9.97 Å². The number of benzene rings is 1. The molecule has 1 aromatic carbocycles. The molecule has 6 nitrogen and oxygen atoms in total. The van der Waals surface area contributed by atoms with Gasteiger partial charge in [0, 0.05) is 0 Å². The van der Waals surface area contributed by atoms with Crippen molar-refractivity contribution in [2.45, 2.75) is 0 Å². The predicted molar refractivity (Wildman–Crippen MR) is 70.3 cm³/mol. The van der Waals surface area contributed by atoms with Crippen LogP contribution in [0.1, 0.15) is 10.5 Å². The van der Waals surface area contributed by atoms with Crippen molar-refractivity contribution in [3.63, 3.8) is 0 Å². The zero-order chi connectivity index (χ0) is 15.7. The lowest BCUT2D eigenvalue weighted by atomic mass is 10.1. The molecule has 0 spiro atoms. The van der Waals surface area contributed by atoms with Gasteiger partial charge in [-0.2, -0.15) is 0 Å². The standard InChI is InChI=1S/C12H8ClF2N3O3/c1-21-9-5(13)3-2-4(6(9)14)11-17-8(12(19)20)7(15)10(16)18-11/h2-3H,1H3,(H,19,20)(H2,16,17,18). The molecule has 2 aromatic rings. The third kappa shape index (κ3) is 2.57. The van der Waals surface area contributed by atoms with Gasteiger partial charge in [0.1, 0.15) is 0 Å². The minimum atomic E-state index is -1.65. The van der Waals surface area contributed by atoms with Gasteiger partial charge in [-0.1, -0.05) is 11.6 Å². The van der Waals surface area contributed by atoms with Crippen molar-refractivity contribution in [2.24, 2.45) is 0 Å². The molecule has 1 heterocycles. The summed E-state index contributed by atoms with van der Waals surface area (Å²) in [6, 6.07) is 2.51. The molecule has 0 atom stereocenters. The molecule has 0 bridgehead atoms. The van der Waals surface area contributed by atoms with Crippen LogP contribution in [0.3, 0.4) is 0 Å². The fourth-order valence-electron chi connectivity index (χ4n) is 1.62. The molecule has 0 aliphatic rings. The van der Waals surface area contributed by atoms with Gasteiger partial charge in [0.05, 0.1) is 17.7 Å². The van der Waals surface area contributed by atoms with E-state index in [0.717, 1.165) is 0 Å². The number of anilines is 1. The molecule has 9 heteroatoms. The molecule has 0 saturated heterocycles. The number of halogens is 3. The molecule has 0 fully saturated rings. The van der Waals surface area contributed by atoms with E-state index in [-0.39, 0.29) is 16.3 Å². The minimum absolute atomic E-state index is 0.00675. The number of nitrogens with zero attached hydrogens (tertiary/aromatic N) is 2. The van der Waals surface area contributed by atoms with E-state index >= 15 is 0 Å². The summed E-state index contributed by atoms with van der Waals surface area (Å²) >= 11 is 5.74. The molecule has 0 aliphatic heterocycles. The number of aromatic nitrogens is 2. The van der Waals surface area contributed by atoms with Gasteiger partial charge in [0.2, 0.25) is 0 Å². The summed E-state index contributed by atoms with van der Waals surface area (Å²) in [5.41, 5.74) is 4.11. The van der Waals surface area contributed by atoms with Gasteiger partial charge in [-0.3, -0.25) is 0 Å². The quantitative estimate of drug-likeness (QED) is 0.902. The second kappa shape index (κ2) is 5.49. The Morgan fingerprint density at radius 3 is 2.57 bits per heavy atom. The third-order valence-corrected chi connectivity index (χ3v) is 2.87. The number of carboxylic acids is 1. The first-order valence-corrected chi connectivity index (χ1v) is 5.83. The summed E-state index contributed by atoms with van der Waals surface area (Å²) in [5, 5.41) is 8.86. The fourth-order valence-corrected chi connectivity index (χ4v) is 1.84. The van der Waals surface area contributed by atoms with Gasteiger partial charge in [-0.25, -0.2) is 23.5 Å². The van der Waals surface area contributed by atoms with Crippen LogP contribution in [0.25, 0.3) is 11.4 Å². The first kappa shape index (κ1) is 14.9. The van der Waals surface area contributed by atoms with Crippen molar-refractivity contribution in [3.8, 4) is 17.1 Å². The summed E-state index contributed by atoms with van der Waals surface area (Å²) in [5.74, 6) is -5.20. The Morgan fingerprint density at radius 2 is 2.00 bits per heavy atom. The number of hydrogen-bond acceptors (Lipinski definition) is 5. The highest BCUT2D eigenvalue weighted by atomic mass is 35.5. The third-order valence-electron chi connectivity index (χ3n) is 2.57. The Kier molecular flexibility index (Phi) is 3.90. The first-order valence-electron chi connectivity index (χ1n) is 5.45. The zero-order valence-corrected chi connectivity index (χ0v) is 11.3. The lowest BCUT2D eigenvalue weighted by Gasteiger charge is -2.09. The molecule has 21 heavy (non-hydrogen) atoms. The second-order valence-electron chi connectivity index (χ2n) is 3.84. The highest BCUT2D eigenvalue weighted by Crippen LogP contribution is 2.34. The summed E-state index contributed by atoms with van der Waals surface area (Å²) < 4.78 is 32.5. The summed E-state index contributed by atoms with van der Waals surface area (Å²) in [6.45, 7) is 0. The number of ether oxygens (including phenoxy) is 1. The van der Waals surface area contributed by atoms with Gasteiger partial charge in [-0.15, -0.1) is 0 Å². The molecule has 0 amide bonds. The normalized spacial score (nSPS) is 10.5. The van der Waals surface area contributed by atoms with Crippen molar-refractivity contribution in [3.05, 3.63) is 34.5 Å². The molecular weight excluding hydrogens is 308 g/mol. The summed E-state index contributed by atoms with van der Waals surface area (Å²) in [6.07, 6.45) is 0. The number of hydrogen-bond donors (Lipinski definition) is 2. The smallest absolute Gasteiger partial charge is 0.357 e. The molecule has 3 N–H and O–H groups in total. The van der Waals surface area contributed by atoms with Gasteiger partial charge in [0.15, 0.2) is 34.7 Å². The zero-order valence-electron chi connectivity index (χ0n) is 10.5. The molecule has 2 rings (SSSR count). The first-order chi connectivity index (χ1) is 9.86. The Morgan fingerprint density at radius 1 is 1.33 bits per heavy atom. The van der Waals surface area contributed by atoms with E-state index < -0.39 is 34.9 Å². The van der Waals surface area contributed by atoms with E-state index in [4.69, 9.17) is 27.2 Å². The van der Waals surface area contributed by atoms with E-state index in [1.165, 1.54) is 19.2 Å². The SMILES string of the molecule is COc1c(Cl)ccc(-c2nc(N)c(F)c(C(=O)O)n2)c1F. The Hall–Kier alpha value is -2.48. The largest absolute Gasteiger partial charge is 0.492 e. The van der Waals surface area contributed by atoms with Gasteiger partial charge >= 0.3 is 5.97 Å². The maximum atomic E-state index is 14.2. The average Bonchev–Trinajstić information content (AvgIpc) is 2.42. The number of carbonyl (C=O) groups is 1. The van der Waals surface area contributed by atoms with E-state index in [9.17, 15) is 13.6 Å². The lowest BCUT2D eigenvalue weighted by molar-refractivity contribution is 0.0685. The fraction of sp³-hybridized carbons (Fsp3) is 0.0833. The van der Waals surface area contributed by atoms with Crippen LogP contribution in [-0.4, -0.2) is 28.2 Å². The van der Waals surface area contributed by atoms with Crippen LogP contribution >= 0.6 is 11.6 Å². The van der Waals surface area contributed by atoms with Gasteiger partial charge in [0.25, 0.3) is 0 Å². The van der Waals surface area contributed by atoms with Crippen molar-refractivity contribution in [2.75, 3.05) is 12.8 Å². The number of aromatic carboxylic acids is 1. The van der Waals surface area contributed by atoms with Crippen LogP contribution in [-0.2, 0) is 0 Å². The van der Waals surface area contributed by atoms with Crippen LogP contribution in [0.5, 0.6) is 5.75 Å². The Balaban J connectivity index is 2.71. The highest BCUT2D eigenvalue weighted by Gasteiger charge is 2.22. The van der Waals surface area contributed by atoms with Gasteiger partial charge < -0.3 is 15.6 Å². The Bertz CT molecular complexity index is 740. The van der Waals surface area contributed by atoms with Gasteiger partial charge in [-0.05, 0) is 12.1 Å². The van der Waals surface area contributed by atoms with Crippen LogP contribution in [0.4, 0.5) is 14.6 Å². The molecule has 0 saturated carbocycles. The highest BCUT2D eigenvalue weighted by molar-refractivity contribution is 6.32. The average molecular weight is 316 g/mol. The van der Waals surface area contributed by atoms with Crippen LogP contribution < -0.4 is 10.5 Å².